The molecule has 0 saturated heterocycles. The van der Waals surface area contributed by atoms with Crippen LogP contribution in [-0.2, 0) is 0 Å². The van der Waals surface area contributed by atoms with Gasteiger partial charge < -0.3 is 4.40 Å². The van der Waals surface area contributed by atoms with E-state index < -0.39 is 11.8 Å². The number of imide groups is 1. The van der Waals surface area contributed by atoms with Gasteiger partial charge in [0.25, 0.3) is 11.8 Å². The lowest BCUT2D eigenvalue weighted by molar-refractivity contribution is 0.0919. The molecule has 5 rings (SSSR count). The monoisotopic (exact) mass is 380 g/mol. The minimum Gasteiger partial charge on any atom is -0.312 e. The zero-order chi connectivity index (χ0) is 20.1. The van der Waals surface area contributed by atoms with E-state index in [1.165, 1.54) is 0 Å². The molecule has 2 aromatic heterocycles. The maximum Gasteiger partial charge on any atom is 0.268 e. The predicted octanol–water partition coefficient (Wildman–Crippen LogP) is 4.28. The number of fused-ring (bicyclic) bond motifs is 3. The van der Waals surface area contributed by atoms with Crippen LogP contribution in [0.25, 0.3) is 5.52 Å². The average Bonchev–Trinajstić information content (AvgIpc) is 3.21. The lowest BCUT2D eigenvalue weighted by Crippen LogP contribution is -2.30. The number of anilines is 1. The molecule has 2 amide bonds. The number of pyridine rings is 1. The van der Waals surface area contributed by atoms with Crippen molar-refractivity contribution >= 4 is 28.8 Å². The second-order valence-corrected chi connectivity index (χ2v) is 7.03. The molecular formula is C24H16N2O3. The van der Waals surface area contributed by atoms with Gasteiger partial charge in [0.1, 0.15) is 5.69 Å². The Morgan fingerprint density at radius 3 is 2.10 bits per heavy atom. The first-order valence-electron chi connectivity index (χ1n) is 9.26. The van der Waals surface area contributed by atoms with Crippen LogP contribution in [0.15, 0.2) is 79.0 Å². The highest BCUT2D eigenvalue weighted by molar-refractivity contribution is 6.39. The molecule has 0 unspecified atom stereocenters. The molecule has 3 heterocycles. The summed E-state index contributed by atoms with van der Waals surface area (Å²) in [5.74, 6) is -1.18. The maximum atomic E-state index is 13.4. The summed E-state index contributed by atoms with van der Waals surface area (Å²) in [5.41, 5.74) is 3.13. The summed E-state index contributed by atoms with van der Waals surface area (Å²) in [7, 11) is 0. The SMILES string of the molecule is Cc1ccn2c(C(=O)c3ccccc3)c3c(c2c1)C(=O)N(c1ccccc1)C3=O. The summed E-state index contributed by atoms with van der Waals surface area (Å²) in [6.07, 6.45) is 1.74. The first kappa shape index (κ1) is 17.1. The van der Waals surface area contributed by atoms with Crippen LogP contribution in [0.2, 0.25) is 0 Å². The van der Waals surface area contributed by atoms with Crippen LogP contribution < -0.4 is 4.90 Å². The Balaban J connectivity index is 1.79. The van der Waals surface area contributed by atoms with Crippen LogP contribution in [0.5, 0.6) is 0 Å². The predicted molar refractivity (Wildman–Crippen MR) is 110 cm³/mol. The number of rotatable bonds is 3. The number of hydrogen-bond donors (Lipinski definition) is 0. The molecule has 2 aromatic carbocycles. The van der Waals surface area contributed by atoms with Crippen molar-refractivity contribution in [1.29, 1.82) is 0 Å². The van der Waals surface area contributed by atoms with Gasteiger partial charge in [-0.15, -0.1) is 0 Å². The van der Waals surface area contributed by atoms with Gasteiger partial charge in [-0.1, -0.05) is 48.5 Å². The van der Waals surface area contributed by atoms with E-state index in [2.05, 4.69) is 0 Å². The highest BCUT2D eigenvalue weighted by Crippen LogP contribution is 2.36. The molecule has 1 aliphatic heterocycles. The van der Waals surface area contributed by atoms with Crippen molar-refractivity contribution in [3.8, 4) is 0 Å². The van der Waals surface area contributed by atoms with Gasteiger partial charge in [-0.05, 0) is 36.8 Å². The Labute approximate surface area is 166 Å². The van der Waals surface area contributed by atoms with Crippen LogP contribution in [0.3, 0.4) is 0 Å². The molecule has 29 heavy (non-hydrogen) atoms. The number of nitrogens with zero attached hydrogens (tertiary/aromatic N) is 2. The summed E-state index contributed by atoms with van der Waals surface area (Å²) in [6, 6.07) is 21.3. The van der Waals surface area contributed by atoms with E-state index in [4.69, 9.17) is 0 Å². The molecule has 5 heteroatoms. The quantitative estimate of drug-likeness (QED) is 0.394. The molecule has 0 atom stereocenters. The summed E-state index contributed by atoms with van der Waals surface area (Å²) in [4.78, 5) is 41.2. The van der Waals surface area contributed by atoms with Crippen LogP contribution in [0.1, 0.15) is 42.3 Å². The zero-order valence-corrected chi connectivity index (χ0v) is 15.6. The van der Waals surface area contributed by atoms with Gasteiger partial charge >= 0.3 is 0 Å². The third-order valence-electron chi connectivity index (χ3n) is 5.19. The van der Waals surface area contributed by atoms with Gasteiger partial charge in [0.2, 0.25) is 5.78 Å². The van der Waals surface area contributed by atoms with Crippen molar-refractivity contribution in [3.63, 3.8) is 0 Å². The van der Waals surface area contributed by atoms with Gasteiger partial charge in [0, 0.05) is 11.8 Å². The fraction of sp³-hybridized carbons (Fsp3) is 0.0417. The molecule has 0 aliphatic carbocycles. The Kier molecular flexibility index (Phi) is 3.71. The summed E-state index contributed by atoms with van der Waals surface area (Å²) >= 11 is 0. The van der Waals surface area contributed by atoms with E-state index in [9.17, 15) is 14.4 Å². The van der Waals surface area contributed by atoms with Gasteiger partial charge in [0.15, 0.2) is 0 Å². The smallest absolute Gasteiger partial charge is 0.268 e. The Bertz CT molecular complexity index is 1300. The summed E-state index contributed by atoms with van der Waals surface area (Å²) in [5, 5.41) is 0. The van der Waals surface area contributed by atoms with Gasteiger partial charge in [-0.3, -0.25) is 14.4 Å². The first-order chi connectivity index (χ1) is 14.1. The first-order valence-corrected chi connectivity index (χ1v) is 9.26. The van der Waals surface area contributed by atoms with Crippen molar-refractivity contribution in [2.24, 2.45) is 0 Å². The van der Waals surface area contributed by atoms with Crippen LogP contribution in [0.4, 0.5) is 5.69 Å². The van der Waals surface area contributed by atoms with Gasteiger partial charge in [0.05, 0.1) is 22.3 Å². The van der Waals surface area contributed by atoms with Crippen LogP contribution in [0, 0.1) is 6.92 Å². The molecule has 0 N–H and O–H groups in total. The minimum absolute atomic E-state index is 0.165. The lowest BCUT2D eigenvalue weighted by atomic mass is 10.0. The van der Waals surface area contributed by atoms with Crippen molar-refractivity contribution in [2.75, 3.05) is 4.90 Å². The summed E-state index contributed by atoms with van der Waals surface area (Å²) in [6.45, 7) is 1.91. The second kappa shape index (κ2) is 6.27. The normalized spacial score (nSPS) is 13.2. The average molecular weight is 380 g/mol. The summed E-state index contributed by atoms with van der Waals surface area (Å²) < 4.78 is 1.66. The second-order valence-electron chi connectivity index (χ2n) is 7.03. The minimum atomic E-state index is -0.475. The molecule has 140 valence electrons. The largest absolute Gasteiger partial charge is 0.312 e. The number of carbonyl (C=O) groups excluding carboxylic acids is 3. The molecular weight excluding hydrogens is 364 g/mol. The molecule has 4 aromatic rings. The van der Waals surface area contributed by atoms with Gasteiger partial charge in [-0.2, -0.15) is 0 Å². The van der Waals surface area contributed by atoms with E-state index in [0.29, 0.717) is 16.8 Å². The fourth-order valence-corrected chi connectivity index (χ4v) is 3.86. The standard InChI is InChI=1S/C24H16N2O3/c1-15-12-13-25-18(14-15)19-20(21(25)22(27)16-8-4-2-5-9-16)24(29)26(23(19)28)17-10-6-3-7-11-17/h2-14H,1H3. The molecule has 1 aliphatic rings. The third-order valence-corrected chi connectivity index (χ3v) is 5.19. The van der Waals surface area contributed by atoms with E-state index in [1.807, 2.05) is 31.2 Å². The lowest BCUT2D eigenvalue weighted by Gasteiger charge is -2.15. The van der Waals surface area contributed by atoms with Crippen molar-refractivity contribution < 1.29 is 14.4 Å². The fourth-order valence-electron chi connectivity index (χ4n) is 3.86. The number of carbonyl (C=O) groups is 3. The molecule has 0 bridgehead atoms. The number of hydrogen-bond acceptors (Lipinski definition) is 3. The van der Waals surface area contributed by atoms with Crippen molar-refractivity contribution in [3.05, 3.63) is 107 Å². The highest BCUT2D eigenvalue weighted by Gasteiger charge is 2.43. The van der Waals surface area contributed by atoms with E-state index in [1.54, 1.807) is 59.1 Å². The number of amides is 2. The maximum absolute atomic E-state index is 13.4. The Morgan fingerprint density at radius 1 is 0.793 bits per heavy atom. The number of para-hydroxylation sites is 1. The highest BCUT2D eigenvalue weighted by atomic mass is 16.2. The number of aromatic nitrogens is 1. The molecule has 0 fully saturated rings. The van der Waals surface area contributed by atoms with E-state index >= 15 is 0 Å². The Morgan fingerprint density at radius 2 is 1.41 bits per heavy atom. The van der Waals surface area contributed by atoms with Crippen LogP contribution >= 0.6 is 0 Å². The molecule has 0 saturated carbocycles. The number of ketones is 1. The topological polar surface area (TPSA) is 58.9 Å². The number of benzene rings is 2. The van der Waals surface area contributed by atoms with Crippen molar-refractivity contribution in [2.45, 2.75) is 6.92 Å². The van der Waals surface area contributed by atoms with E-state index in [0.717, 1.165) is 10.5 Å². The van der Waals surface area contributed by atoms with Gasteiger partial charge in [-0.25, -0.2) is 4.90 Å². The number of aryl methyl sites for hydroxylation is 1. The van der Waals surface area contributed by atoms with Crippen LogP contribution in [-0.4, -0.2) is 22.0 Å². The van der Waals surface area contributed by atoms with E-state index in [-0.39, 0.29) is 22.6 Å². The third kappa shape index (κ3) is 2.44. The molecule has 5 nitrogen and oxygen atoms in total. The molecule has 0 spiro atoms. The zero-order valence-electron chi connectivity index (χ0n) is 15.6. The molecule has 0 radical (unpaired) electrons. The van der Waals surface area contributed by atoms with Crippen molar-refractivity contribution in [1.82, 2.24) is 4.40 Å². The Hall–Kier alpha value is -3.99.